The molecule has 0 aromatic heterocycles. The molecule has 1 aromatic rings. The van der Waals surface area contributed by atoms with Crippen LogP contribution >= 0.6 is 0 Å². The molecule has 0 spiro atoms. The monoisotopic (exact) mass is 250 g/mol. The lowest BCUT2D eigenvalue weighted by Crippen LogP contribution is -2.25. The number of hydrogen-bond acceptors (Lipinski definition) is 5. The highest BCUT2D eigenvalue weighted by atomic mass is 16.7. The van der Waals surface area contributed by atoms with Crippen LogP contribution in [0.1, 0.15) is 16.8 Å². The Labute approximate surface area is 105 Å². The van der Waals surface area contributed by atoms with Crippen LogP contribution in [-0.4, -0.2) is 37.9 Å². The second-order valence-corrected chi connectivity index (χ2v) is 3.92. The van der Waals surface area contributed by atoms with Gasteiger partial charge in [-0.3, -0.25) is 4.79 Å². The van der Waals surface area contributed by atoms with Crippen molar-refractivity contribution < 1.29 is 23.8 Å². The molecule has 0 unspecified atom stereocenters. The molecule has 0 N–H and O–H groups in total. The molecule has 1 aromatic carbocycles. The summed E-state index contributed by atoms with van der Waals surface area (Å²) in [5.41, 5.74) is 0.450. The summed E-state index contributed by atoms with van der Waals surface area (Å²) in [4.78, 5) is 23.1. The third-order valence-corrected chi connectivity index (χ3v) is 2.68. The summed E-state index contributed by atoms with van der Waals surface area (Å²) in [7, 11) is 1.47. The summed E-state index contributed by atoms with van der Waals surface area (Å²) in [6.07, 6.45) is -1.05. The van der Waals surface area contributed by atoms with Crippen molar-refractivity contribution in [3.05, 3.63) is 35.9 Å². The van der Waals surface area contributed by atoms with Gasteiger partial charge in [0.1, 0.15) is 6.61 Å². The highest BCUT2D eigenvalue weighted by Crippen LogP contribution is 2.17. The number of methoxy groups -OCH3 is 1. The van der Waals surface area contributed by atoms with Crippen LogP contribution in [0.3, 0.4) is 0 Å². The molecule has 0 bridgehead atoms. The molecule has 0 radical (unpaired) electrons. The minimum Gasteiger partial charge on any atom is -0.459 e. The summed E-state index contributed by atoms with van der Waals surface area (Å²) in [6, 6.07) is 8.60. The van der Waals surface area contributed by atoms with E-state index >= 15 is 0 Å². The first kappa shape index (κ1) is 12.7. The van der Waals surface area contributed by atoms with Crippen LogP contribution < -0.4 is 0 Å². The summed E-state index contributed by atoms with van der Waals surface area (Å²) in [5, 5.41) is 0. The number of benzene rings is 1. The van der Waals surface area contributed by atoms with Crippen LogP contribution in [0.2, 0.25) is 0 Å². The molecule has 1 aliphatic rings. The Morgan fingerprint density at radius 2 is 2.11 bits per heavy atom. The van der Waals surface area contributed by atoms with Gasteiger partial charge in [0, 0.05) is 7.11 Å². The quantitative estimate of drug-likeness (QED) is 0.751. The largest absolute Gasteiger partial charge is 0.459 e. The Kier molecular flexibility index (Phi) is 4.07. The molecule has 0 amide bonds. The van der Waals surface area contributed by atoms with Crippen LogP contribution in [0, 0.1) is 0 Å². The van der Waals surface area contributed by atoms with Crippen molar-refractivity contribution in [2.24, 2.45) is 0 Å². The fraction of sp³-hybridized carbons (Fsp3) is 0.385. The number of esters is 1. The van der Waals surface area contributed by atoms with Gasteiger partial charge >= 0.3 is 5.97 Å². The van der Waals surface area contributed by atoms with Gasteiger partial charge in [0.15, 0.2) is 18.2 Å². The first-order valence-electron chi connectivity index (χ1n) is 5.64. The third-order valence-electron chi connectivity index (χ3n) is 2.68. The van der Waals surface area contributed by atoms with E-state index in [1.807, 2.05) is 6.07 Å². The van der Waals surface area contributed by atoms with Crippen LogP contribution in [0.15, 0.2) is 30.3 Å². The van der Waals surface area contributed by atoms with Gasteiger partial charge in [0.05, 0.1) is 12.0 Å². The van der Waals surface area contributed by atoms with Gasteiger partial charge in [0.25, 0.3) is 0 Å². The zero-order valence-corrected chi connectivity index (χ0v) is 10.00. The van der Waals surface area contributed by atoms with E-state index in [2.05, 4.69) is 0 Å². The number of carbonyl (C=O) groups excluding carboxylic acids is 2. The smallest absolute Gasteiger partial charge is 0.338 e. The van der Waals surface area contributed by atoms with Crippen molar-refractivity contribution in [1.82, 2.24) is 0 Å². The maximum absolute atomic E-state index is 11.6. The standard InChI is InChI=1S/C13H14O5/c1-16-12-7-10(14)11(18-12)8-17-13(15)9-5-3-2-4-6-9/h2-6,11-12H,7-8H2,1H3/t11-,12+/m1/s1. The first-order chi connectivity index (χ1) is 8.70. The molecular formula is C13H14O5. The van der Waals surface area contributed by atoms with Crippen molar-refractivity contribution in [1.29, 1.82) is 0 Å². The van der Waals surface area contributed by atoms with Crippen LogP contribution in [-0.2, 0) is 19.0 Å². The lowest BCUT2D eigenvalue weighted by Gasteiger charge is -2.11. The predicted molar refractivity (Wildman–Crippen MR) is 62.0 cm³/mol. The molecule has 1 heterocycles. The molecule has 5 nitrogen and oxygen atoms in total. The molecule has 1 saturated heterocycles. The van der Waals surface area contributed by atoms with E-state index in [0.29, 0.717) is 5.56 Å². The molecule has 18 heavy (non-hydrogen) atoms. The molecule has 96 valence electrons. The maximum atomic E-state index is 11.6. The molecule has 2 atom stereocenters. The van der Waals surface area contributed by atoms with E-state index in [-0.39, 0.29) is 18.8 Å². The Morgan fingerprint density at radius 3 is 2.72 bits per heavy atom. The summed E-state index contributed by atoms with van der Waals surface area (Å²) in [6.45, 7) is -0.0770. The van der Waals surface area contributed by atoms with Crippen molar-refractivity contribution in [3.63, 3.8) is 0 Å². The fourth-order valence-electron chi connectivity index (χ4n) is 1.68. The van der Waals surface area contributed by atoms with Gasteiger partial charge in [-0.2, -0.15) is 0 Å². The summed E-state index contributed by atoms with van der Waals surface area (Å²) >= 11 is 0. The summed E-state index contributed by atoms with van der Waals surface area (Å²) < 4.78 is 15.2. The number of rotatable bonds is 4. The minimum absolute atomic E-state index is 0.0770. The highest BCUT2D eigenvalue weighted by Gasteiger charge is 2.34. The normalized spacial score (nSPS) is 23.1. The van der Waals surface area contributed by atoms with E-state index in [1.165, 1.54) is 7.11 Å². The van der Waals surface area contributed by atoms with Gasteiger partial charge in [0.2, 0.25) is 0 Å². The predicted octanol–water partition coefficient (Wildman–Crippen LogP) is 1.17. The topological polar surface area (TPSA) is 61.8 Å². The molecule has 5 heteroatoms. The number of ether oxygens (including phenoxy) is 3. The van der Waals surface area contributed by atoms with Crippen LogP contribution in [0.4, 0.5) is 0 Å². The number of hydrogen-bond donors (Lipinski definition) is 0. The molecular weight excluding hydrogens is 236 g/mol. The van der Waals surface area contributed by atoms with Gasteiger partial charge in [-0.25, -0.2) is 4.79 Å². The second-order valence-electron chi connectivity index (χ2n) is 3.92. The molecule has 0 aliphatic carbocycles. The average Bonchev–Trinajstić information content (AvgIpc) is 2.77. The van der Waals surface area contributed by atoms with E-state index in [4.69, 9.17) is 14.2 Å². The number of Topliss-reactive ketones (excluding diaryl/α,β-unsaturated/α-hetero) is 1. The van der Waals surface area contributed by atoms with E-state index < -0.39 is 18.4 Å². The van der Waals surface area contributed by atoms with Gasteiger partial charge in [-0.15, -0.1) is 0 Å². The SMILES string of the molecule is CO[C@@H]1CC(=O)[C@@H](COC(=O)c2ccccc2)O1. The summed E-state index contributed by atoms with van der Waals surface area (Å²) in [5.74, 6) is -0.574. The molecule has 0 saturated carbocycles. The van der Waals surface area contributed by atoms with Crippen LogP contribution in [0.25, 0.3) is 0 Å². The van der Waals surface area contributed by atoms with Gasteiger partial charge in [-0.1, -0.05) is 18.2 Å². The molecule has 1 fully saturated rings. The second kappa shape index (κ2) is 5.75. The average molecular weight is 250 g/mol. The molecule has 1 aliphatic heterocycles. The zero-order chi connectivity index (χ0) is 13.0. The van der Waals surface area contributed by atoms with Crippen molar-refractivity contribution in [3.8, 4) is 0 Å². The lowest BCUT2D eigenvalue weighted by molar-refractivity contribution is -0.135. The highest BCUT2D eigenvalue weighted by molar-refractivity contribution is 5.90. The minimum atomic E-state index is -0.720. The maximum Gasteiger partial charge on any atom is 0.338 e. The Balaban J connectivity index is 1.85. The van der Waals surface area contributed by atoms with E-state index in [1.54, 1.807) is 24.3 Å². The van der Waals surface area contributed by atoms with Crippen molar-refractivity contribution >= 4 is 11.8 Å². The van der Waals surface area contributed by atoms with Crippen molar-refractivity contribution in [2.75, 3.05) is 13.7 Å². The third kappa shape index (κ3) is 2.94. The van der Waals surface area contributed by atoms with Crippen LogP contribution in [0.5, 0.6) is 0 Å². The first-order valence-corrected chi connectivity index (χ1v) is 5.64. The van der Waals surface area contributed by atoms with E-state index in [0.717, 1.165) is 0 Å². The van der Waals surface area contributed by atoms with Gasteiger partial charge < -0.3 is 14.2 Å². The number of ketones is 1. The van der Waals surface area contributed by atoms with Gasteiger partial charge in [-0.05, 0) is 12.1 Å². The Bertz CT molecular complexity index is 428. The number of carbonyl (C=O) groups is 2. The Morgan fingerprint density at radius 1 is 1.39 bits per heavy atom. The Hall–Kier alpha value is -1.72. The lowest BCUT2D eigenvalue weighted by atomic mass is 10.2. The van der Waals surface area contributed by atoms with E-state index in [9.17, 15) is 9.59 Å². The fourth-order valence-corrected chi connectivity index (χ4v) is 1.68. The zero-order valence-electron chi connectivity index (χ0n) is 10.00. The van der Waals surface area contributed by atoms with Crippen molar-refractivity contribution in [2.45, 2.75) is 18.8 Å². The molecule has 2 rings (SSSR count).